The lowest BCUT2D eigenvalue weighted by Gasteiger charge is -2.21. The zero-order valence-electron chi connectivity index (χ0n) is 16.9. The number of esters is 1. The molecule has 0 saturated carbocycles. The minimum Gasteiger partial charge on any atom is -0.449 e. The second kappa shape index (κ2) is 10.2. The quantitative estimate of drug-likeness (QED) is 0.629. The molecule has 7 heteroatoms. The van der Waals surface area contributed by atoms with E-state index in [1.807, 2.05) is 37.3 Å². The van der Waals surface area contributed by atoms with Gasteiger partial charge in [0.2, 0.25) is 0 Å². The van der Waals surface area contributed by atoms with Crippen LogP contribution < -0.4 is 5.32 Å². The van der Waals surface area contributed by atoms with Gasteiger partial charge in [0.25, 0.3) is 5.91 Å². The van der Waals surface area contributed by atoms with Crippen LogP contribution in [0.4, 0.5) is 0 Å². The van der Waals surface area contributed by atoms with Crippen molar-refractivity contribution < 1.29 is 22.7 Å². The highest BCUT2D eigenvalue weighted by Gasteiger charge is 2.26. The van der Waals surface area contributed by atoms with Crippen LogP contribution in [0.3, 0.4) is 0 Å². The molecule has 2 aromatic carbocycles. The van der Waals surface area contributed by atoms with Crippen LogP contribution in [0.25, 0.3) is 0 Å². The zero-order valence-corrected chi connectivity index (χ0v) is 17.7. The highest BCUT2D eigenvalue weighted by atomic mass is 32.2. The zero-order chi connectivity index (χ0) is 21.4. The SMILES string of the molecule is CCCC(NC(=O)C(C)OC(=O)c1ccccc1S(=O)(=O)CC)c1ccccc1. The minimum atomic E-state index is -3.59. The summed E-state index contributed by atoms with van der Waals surface area (Å²) in [6, 6.07) is 15.2. The van der Waals surface area contributed by atoms with Gasteiger partial charge in [-0.2, -0.15) is 0 Å². The Morgan fingerprint density at radius 2 is 1.62 bits per heavy atom. The van der Waals surface area contributed by atoms with Gasteiger partial charge in [0.05, 0.1) is 22.3 Å². The molecule has 0 aromatic heterocycles. The Morgan fingerprint density at radius 1 is 1.00 bits per heavy atom. The van der Waals surface area contributed by atoms with E-state index in [2.05, 4.69) is 5.32 Å². The molecule has 0 saturated heterocycles. The standard InChI is InChI=1S/C22H27NO5S/c1-4-11-19(17-12-7-6-8-13-17)23-21(24)16(3)28-22(25)18-14-9-10-15-20(18)29(26,27)5-2/h6-10,12-16,19H,4-5,11H2,1-3H3,(H,23,24). The molecule has 1 N–H and O–H groups in total. The number of ether oxygens (including phenoxy) is 1. The van der Waals surface area contributed by atoms with Crippen molar-refractivity contribution in [1.29, 1.82) is 0 Å². The van der Waals surface area contributed by atoms with Crippen LogP contribution >= 0.6 is 0 Å². The van der Waals surface area contributed by atoms with E-state index < -0.39 is 27.8 Å². The highest BCUT2D eigenvalue weighted by molar-refractivity contribution is 7.91. The first kappa shape index (κ1) is 22.6. The fraction of sp³-hybridized carbons (Fsp3) is 0.364. The summed E-state index contributed by atoms with van der Waals surface area (Å²) >= 11 is 0. The summed E-state index contributed by atoms with van der Waals surface area (Å²) < 4.78 is 29.7. The number of carbonyl (C=O) groups excluding carboxylic acids is 2. The van der Waals surface area contributed by atoms with Crippen molar-refractivity contribution >= 4 is 21.7 Å². The Hall–Kier alpha value is -2.67. The van der Waals surface area contributed by atoms with Gasteiger partial charge in [0, 0.05) is 0 Å². The summed E-state index contributed by atoms with van der Waals surface area (Å²) in [4.78, 5) is 25.1. The van der Waals surface area contributed by atoms with Crippen LogP contribution in [-0.4, -0.2) is 32.2 Å². The van der Waals surface area contributed by atoms with E-state index in [-0.39, 0.29) is 22.3 Å². The van der Waals surface area contributed by atoms with Crippen LogP contribution in [0, 0.1) is 0 Å². The Kier molecular flexibility index (Phi) is 7.96. The lowest BCUT2D eigenvalue weighted by atomic mass is 10.0. The lowest BCUT2D eigenvalue weighted by Crippen LogP contribution is -2.38. The second-order valence-electron chi connectivity index (χ2n) is 6.71. The van der Waals surface area contributed by atoms with Crippen LogP contribution in [0.1, 0.15) is 55.6 Å². The van der Waals surface area contributed by atoms with E-state index in [0.717, 1.165) is 18.4 Å². The molecular weight excluding hydrogens is 390 g/mol. The number of hydrogen-bond donors (Lipinski definition) is 1. The predicted molar refractivity (Wildman–Crippen MR) is 111 cm³/mol. The topological polar surface area (TPSA) is 89.5 Å². The molecule has 0 aliphatic carbocycles. The first-order valence-electron chi connectivity index (χ1n) is 9.68. The van der Waals surface area contributed by atoms with Crippen molar-refractivity contribution in [2.45, 2.75) is 50.7 Å². The smallest absolute Gasteiger partial charge is 0.340 e. The maximum atomic E-state index is 12.6. The molecule has 2 rings (SSSR count). The van der Waals surface area contributed by atoms with Crippen molar-refractivity contribution in [3.63, 3.8) is 0 Å². The molecule has 0 radical (unpaired) electrons. The largest absolute Gasteiger partial charge is 0.449 e. The summed E-state index contributed by atoms with van der Waals surface area (Å²) in [5, 5.41) is 2.91. The third kappa shape index (κ3) is 5.90. The number of sulfone groups is 1. The van der Waals surface area contributed by atoms with Gasteiger partial charge in [-0.25, -0.2) is 13.2 Å². The van der Waals surface area contributed by atoms with E-state index in [9.17, 15) is 18.0 Å². The van der Waals surface area contributed by atoms with Crippen molar-refractivity contribution in [1.82, 2.24) is 5.32 Å². The lowest BCUT2D eigenvalue weighted by molar-refractivity contribution is -0.129. The van der Waals surface area contributed by atoms with E-state index >= 15 is 0 Å². The molecule has 1 amide bonds. The van der Waals surface area contributed by atoms with E-state index in [1.165, 1.54) is 26.0 Å². The summed E-state index contributed by atoms with van der Waals surface area (Å²) in [7, 11) is -3.59. The Bertz CT molecular complexity index is 941. The van der Waals surface area contributed by atoms with Crippen molar-refractivity contribution in [3.05, 3.63) is 65.7 Å². The van der Waals surface area contributed by atoms with Crippen LogP contribution in [-0.2, 0) is 19.4 Å². The molecule has 0 aliphatic heterocycles. The maximum Gasteiger partial charge on any atom is 0.340 e. The van der Waals surface area contributed by atoms with Gasteiger partial charge in [-0.15, -0.1) is 0 Å². The van der Waals surface area contributed by atoms with E-state index in [0.29, 0.717) is 0 Å². The average Bonchev–Trinajstić information content (AvgIpc) is 2.73. The molecule has 0 fully saturated rings. The molecule has 2 atom stereocenters. The summed E-state index contributed by atoms with van der Waals surface area (Å²) in [5.74, 6) is -1.41. The molecule has 156 valence electrons. The normalized spacial score (nSPS) is 13.3. The van der Waals surface area contributed by atoms with Gasteiger partial charge in [-0.05, 0) is 31.0 Å². The number of amides is 1. The van der Waals surface area contributed by atoms with Gasteiger partial charge in [-0.1, -0.05) is 62.7 Å². The van der Waals surface area contributed by atoms with Crippen LogP contribution in [0.15, 0.2) is 59.5 Å². The molecule has 0 aliphatic rings. The Labute approximate surface area is 172 Å². The first-order chi connectivity index (χ1) is 13.8. The first-order valence-corrected chi connectivity index (χ1v) is 11.3. The van der Waals surface area contributed by atoms with E-state index in [4.69, 9.17) is 4.74 Å². The Balaban J connectivity index is 2.13. The number of carbonyl (C=O) groups is 2. The summed E-state index contributed by atoms with van der Waals surface area (Å²) in [5.41, 5.74) is 0.905. The van der Waals surface area contributed by atoms with Gasteiger partial charge >= 0.3 is 5.97 Å². The molecule has 2 aromatic rings. The van der Waals surface area contributed by atoms with Crippen molar-refractivity contribution in [2.24, 2.45) is 0 Å². The monoisotopic (exact) mass is 417 g/mol. The minimum absolute atomic E-state index is 0.0674. The predicted octanol–water partition coefficient (Wildman–Crippen LogP) is 3.68. The van der Waals surface area contributed by atoms with Crippen LogP contribution in [0.2, 0.25) is 0 Å². The number of hydrogen-bond acceptors (Lipinski definition) is 5. The molecule has 0 bridgehead atoms. The maximum absolute atomic E-state index is 12.6. The molecule has 0 spiro atoms. The van der Waals surface area contributed by atoms with Crippen molar-refractivity contribution in [2.75, 3.05) is 5.75 Å². The third-order valence-corrected chi connectivity index (χ3v) is 6.36. The third-order valence-electron chi connectivity index (χ3n) is 4.57. The fourth-order valence-corrected chi connectivity index (χ4v) is 4.01. The van der Waals surface area contributed by atoms with Crippen molar-refractivity contribution in [3.8, 4) is 0 Å². The number of rotatable bonds is 9. The number of nitrogens with one attached hydrogen (secondary N) is 1. The van der Waals surface area contributed by atoms with E-state index in [1.54, 1.807) is 12.1 Å². The van der Waals surface area contributed by atoms with Gasteiger partial charge in [0.15, 0.2) is 15.9 Å². The molecule has 6 nitrogen and oxygen atoms in total. The molecule has 29 heavy (non-hydrogen) atoms. The average molecular weight is 418 g/mol. The molecular formula is C22H27NO5S. The number of benzene rings is 2. The van der Waals surface area contributed by atoms with Gasteiger partial charge in [0.1, 0.15) is 0 Å². The molecule has 2 unspecified atom stereocenters. The highest BCUT2D eigenvalue weighted by Crippen LogP contribution is 2.20. The van der Waals surface area contributed by atoms with Crippen LogP contribution in [0.5, 0.6) is 0 Å². The Morgan fingerprint density at radius 3 is 2.24 bits per heavy atom. The van der Waals surface area contributed by atoms with Gasteiger partial charge in [-0.3, -0.25) is 4.79 Å². The molecule has 0 heterocycles. The fourth-order valence-electron chi connectivity index (χ4n) is 2.92. The summed E-state index contributed by atoms with van der Waals surface area (Å²) in [6.07, 6.45) is 0.549. The second-order valence-corrected chi connectivity index (χ2v) is 8.95. The summed E-state index contributed by atoms with van der Waals surface area (Å²) in [6.45, 7) is 5.00. The van der Waals surface area contributed by atoms with Gasteiger partial charge < -0.3 is 10.1 Å².